The highest BCUT2D eigenvalue weighted by molar-refractivity contribution is 7.27. The first-order valence-corrected chi connectivity index (χ1v) is 13.1. The van der Waals surface area contributed by atoms with Gasteiger partial charge in [-0.1, -0.05) is 76.6 Å². The summed E-state index contributed by atoms with van der Waals surface area (Å²) in [5.74, 6) is 0.229. The number of para-hydroxylation sites is 1. The van der Waals surface area contributed by atoms with Gasteiger partial charge in [0.2, 0.25) is 5.91 Å². The van der Waals surface area contributed by atoms with E-state index in [0.717, 1.165) is 54.1 Å². The predicted octanol–water partition coefficient (Wildman–Crippen LogP) is 4.38. The van der Waals surface area contributed by atoms with E-state index < -0.39 is 11.5 Å². The Morgan fingerprint density at radius 2 is 1.86 bits per heavy atom. The number of rotatable bonds is 6. The molecule has 3 aromatic rings. The van der Waals surface area contributed by atoms with Crippen LogP contribution in [0.25, 0.3) is 10.9 Å². The van der Waals surface area contributed by atoms with Crippen LogP contribution in [0.1, 0.15) is 63.0 Å². The second-order valence-corrected chi connectivity index (χ2v) is 11.4. The number of nitrogens with one attached hydrogen (secondary N) is 1. The maximum atomic E-state index is 13.6. The number of hydrogen-bond donors (Lipinski definition) is 1. The number of benzene rings is 2. The molecule has 7 heteroatoms. The molecule has 3 atom stereocenters. The largest absolute Gasteiger partial charge is 0.341 e. The van der Waals surface area contributed by atoms with Gasteiger partial charge in [-0.2, -0.15) is 5.10 Å². The summed E-state index contributed by atoms with van der Waals surface area (Å²) in [6.45, 7) is 10.3. The van der Waals surface area contributed by atoms with Crippen LogP contribution >= 0.6 is 9.24 Å². The average molecular weight is 493 g/mol. The normalized spacial score (nSPS) is 17.4. The van der Waals surface area contributed by atoms with Crippen molar-refractivity contribution in [2.45, 2.75) is 59.5 Å². The number of piperidine rings is 1. The SMILES string of the molecule is CCC1CCCN(C(=O)C(NC(=O)c2nn(Cc3ccc(P)cc3)c3ccccc23)C(C)(C)C)C1. The summed E-state index contributed by atoms with van der Waals surface area (Å²) in [5.41, 5.74) is 1.93. The minimum absolute atomic E-state index is 0.00487. The molecule has 1 aromatic heterocycles. The zero-order valence-electron chi connectivity index (χ0n) is 21.3. The predicted molar refractivity (Wildman–Crippen MR) is 145 cm³/mol. The van der Waals surface area contributed by atoms with Gasteiger partial charge in [-0.15, -0.1) is 9.24 Å². The van der Waals surface area contributed by atoms with Gasteiger partial charge in [0, 0.05) is 18.5 Å². The third-order valence-electron chi connectivity index (χ3n) is 6.98. The molecule has 186 valence electrons. The molecule has 6 nitrogen and oxygen atoms in total. The van der Waals surface area contributed by atoms with E-state index in [4.69, 9.17) is 5.10 Å². The van der Waals surface area contributed by atoms with E-state index in [2.05, 4.69) is 33.6 Å². The first kappa shape index (κ1) is 25.4. The molecule has 2 heterocycles. The molecule has 0 spiro atoms. The summed E-state index contributed by atoms with van der Waals surface area (Å²) in [6.07, 6.45) is 3.25. The Morgan fingerprint density at radius 1 is 1.14 bits per heavy atom. The number of fused-ring (bicyclic) bond motifs is 1. The Morgan fingerprint density at radius 3 is 2.54 bits per heavy atom. The first-order valence-electron chi connectivity index (χ1n) is 12.6. The summed E-state index contributed by atoms with van der Waals surface area (Å²) in [5, 5.41) is 9.70. The maximum absolute atomic E-state index is 13.6. The molecule has 0 bridgehead atoms. The molecule has 1 saturated heterocycles. The Labute approximate surface area is 210 Å². The quantitative estimate of drug-likeness (QED) is 0.520. The van der Waals surface area contributed by atoms with Crippen molar-refractivity contribution >= 4 is 37.3 Å². The minimum atomic E-state index is -0.621. The maximum Gasteiger partial charge on any atom is 0.273 e. The van der Waals surface area contributed by atoms with E-state index in [1.54, 1.807) is 0 Å². The number of aromatic nitrogens is 2. The number of carbonyl (C=O) groups is 2. The summed E-state index contributed by atoms with van der Waals surface area (Å²) < 4.78 is 1.87. The molecule has 1 aliphatic rings. The highest BCUT2D eigenvalue weighted by Crippen LogP contribution is 2.26. The van der Waals surface area contributed by atoms with Crippen LogP contribution in [-0.4, -0.2) is 45.6 Å². The van der Waals surface area contributed by atoms with Crippen molar-refractivity contribution in [2.24, 2.45) is 11.3 Å². The van der Waals surface area contributed by atoms with Crippen LogP contribution in [0.4, 0.5) is 0 Å². The standard InChI is InChI=1S/C28H37N4O2P/c1-5-19-9-8-16-31(17-19)27(34)25(28(2,3)4)29-26(33)24-22-10-6-7-11-23(22)32(30-24)18-20-12-14-21(35)15-13-20/h6-7,10-15,19,25H,5,8-9,16-18,35H2,1-4H3,(H,29,33). The van der Waals surface area contributed by atoms with Gasteiger partial charge in [0.15, 0.2) is 5.69 Å². The van der Waals surface area contributed by atoms with Crippen molar-refractivity contribution in [3.05, 3.63) is 59.8 Å². The number of hydrogen-bond acceptors (Lipinski definition) is 3. The molecule has 3 unspecified atom stereocenters. The monoisotopic (exact) mass is 492 g/mol. The van der Waals surface area contributed by atoms with E-state index in [9.17, 15) is 9.59 Å². The van der Waals surface area contributed by atoms with E-state index in [1.807, 2.05) is 66.8 Å². The second-order valence-electron chi connectivity index (χ2n) is 10.7. The summed E-state index contributed by atoms with van der Waals surface area (Å²) in [4.78, 5) is 29.1. The summed E-state index contributed by atoms with van der Waals surface area (Å²) >= 11 is 0. The first-order chi connectivity index (χ1) is 16.7. The Bertz CT molecular complexity index is 1200. The van der Waals surface area contributed by atoms with Gasteiger partial charge in [-0.25, -0.2) is 0 Å². The van der Waals surface area contributed by atoms with E-state index in [-0.39, 0.29) is 11.8 Å². The molecule has 2 aromatic carbocycles. The molecule has 1 N–H and O–H groups in total. The molecule has 0 radical (unpaired) electrons. The van der Waals surface area contributed by atoms with Gasteiger partial charge in [0.25, 0.3) is 5.91 Å². The second kappa shape index (κ2) is 10.5. The van der Waals surface area contributed by atoms with Gasteiger partial charge < -0.3 is 10.2 Å². The molecule has 4 rings (SSSR count). The van der Waals surface area contributed by atoms with Crippen LogP contribution in [0.3, 0.4) is 0 Å². The van der Waals surface area contributed by atoms with Gasteiger partial charge in [0.1, 0.15) is 6.04 Å². The van der Waals surface area contributed by atoms with Crippen molar-refractivity contribution < 1.29 is 9.59 Å². The average Bonchev–Trinajstić information content (AvgIpc) is 3.21. The minimum Gasteiger partial charge on any atom is -0.341 e. The highest BCUT2D eigenvalue weighted by atomic mass is 31.0. The van der Waals surface area contributed by atoms with Crippen molar-refractivity contribution in [3.63, 3.8) is 0 Å². The zero-order chi connectivity index (χ0) is 25.2. The molecular formula is C28H37N4O2P. The summed E-state index contributed by atoms with van der Waals surface area (Å²) in [7, 11) is 2.69. The molecule has 1 aliphatic heterocycles. The van der Waals surface area contributed by atoms with Crippen LogP contribution < -0.4 is 10.6 Å². The van der Waals surface area contributed by atoms with E-state index in [1.165, 1.54) is 0 Å². The number of likely N-dealkylation sites (tertiary alicyclic amines) is 1. The fraction of sp³-hybridized carbons (Fsp3) is 0.464. The zero-order valence-corrected chi connectivity index (χ0v) is 22.4. The fourth-order valence-corrected chi connectivity index (χ4v) is 5.03. The Balaban J connectivity index is 1.60. The van der Waals surface area contributed by atoms with Gasteiger partial charge in [-0.3, -0.25) is 14.3 Å². The van der Waals surface area contributed by atoms with Crippen molar-refractivity contribution in [1.29, 1.82) is 0 Å². The van der Waals surface area contributed by atoms with Crippen molar-refractivity contribution in [2.75, 3.05) is 13.1 Å². The fourth-order valence-electron chi connectivity index (χ4n) is 4.84. The van der Waals surface area contributed by atoms with Gasteiger partial charge in [-0.05, 0) is 41.1 Å². The lowest BCUT2D eigenvalue weighted by Gasteiger charge is -2.38. The van der Waals surface area contributed by atoms with Gasteiger partial charge >= 0.3 is 0 Å². The van der Waals surface area contributed by atoms with Crippen LogP contribution in [0.2, 0.25) is 0 Å². The number of nitrogens with zero attached hydrogens (tertiary/aromatic N) is 3. The van der Waals surface area contributed by atoms with Crippen molar-refractivity contribution in [1.82, 2.24) is 20.0 Å². The third-order valence-corrected chi connectivity index (χ3v) is 7.37. The Hall–Kier alpha value is -2.72. The van der Waals surface area contributed by atoms with Crippen molar-refractivity contribution in [3.8, 4) is 0 Å². The van der Waals surface area contributed by atoms with E-state index >= 15 is 0 Å². The molecule has 1 fully saturated rings. The molecule has 0 aliphatic carbocycles. The molecule has 0 saturated carbocycles. The lowest BCUT2D eigenvalue weighted by Crippen LogP contribution is -2.56. The molecular weight excluding hydrogens is 455 g/mol. The van der Waals surface area contributed by atoms with Crippen LogP contribution in [0, 0.1) is 11.3 Å². The van der Waals surface area contributed by atoms with Gasteiger partial charge in [0.05, 0.1) is 12.1 Å². The molecule has 35 heavy (non-hydrogen) atoms. The molecule has 2 amide bonds. The number of amides is 2. The lowest BCUT2D eigenvalue weighted by molar-refractivity contribution is -0.137. The van der Waals surface area contributed by atoms with Crippen LogP contribution in [-0.2, 0) is 11.3 Å². The number of carbonyl (C=O) groups excluding carboxylic acids is 2. The van der Waals surface area contributed by atoms with E-state index in [0.29, 0.717) is 18.2 Å². The van der Waals surface area contributed by atoms with Crippen LogP contribution in [0.5, 0.6) is 0 Å². The third kappa shape index (κ3) is 5.75. The lowest BCUT2D eigenvalue weighted by atomic mass is 9.84. The smallest absolute Gasteiger partial charge is 0.273 e. The topological polar surface area (TPSA) is 67.2 Å². The summed E-state index contributed by atoms with van der Waals surface area (Å²) in [6, 6.07) is 15.4. The highest BCUT2D eigenvalue weighted by Gasteiger charge is 2.37. The Kier molecular flexibility index (Phi) is 7.61. The van der Waals surface area contributed by atoms with Crippen LogP contribution in [0.15, 0.2) is 48.5 Å².